The zero-order chi connectivity index (χ0) is 15.4. The Balaban J connectivity index is 2.01. The van der Waals surface area contributed by atoms with Crippen LogP contribution in [0.5, 0.6) is 0 Å². The number of fused-ring (bicyclic) bond motifs is 1. The third kappa shape index (κ3) is 4.16. The topological polar surface area (TPSA) is 91.3 Å². The largest absolute Gasteiger partial charge is 0.480 e. The van der Waals surface area contributed by atoms with Gasteiger partial charge in [0.1, 0.15) is 6.04 Å². The summed E-state index contributed by atoms with van der Waals surface area (Å²) >= 11 is 1.48. The first-order chi connectivity index (χ1) is 9.95. The maximum Gasteiger partial charge on any atom is 0.326 e. The molecule has 2 amide bonds. The van der Waals surface area contributed by atoms with Gasteiger partial charge in [0.15, 0.2) is 0 Å². The van der Waals surface area contributed by atoms with Crippen LogP contribution in [-0.4, -0.2) is 28.1 Å². The number of hydrogen-bond acceptors (Lipinski definition) is 4. The highest BCUT2D eigenvalue weighted by Crippen LogP contribution is 2.21. The molecule has 0 saturated heterocycles. The average molecular weight is 307 g/mol. The molecule has 0 aliphatic rings. The highest BCUT2D eigenvalue weighted by atomic mass is 32.1. The molecular weight excluding hydrogens is 290 g/mol. The summed E-state index contributed by atoms with van der Waals surface area (Å²) in [6, 6.07) is 3.94. The summed E-state index contributed by atoms with van der Waals surface area (Å²) in [5.74, 6) is -0.850. The molecule has 1 heterocycles. The van der Waals surface area contributed by atoms with Crippen molar-refractivity contribution in [1.29, 1.82) is 0 Å². The number of amides is 2. The molecule has 0 aliphatic heterocycles. The van der Waals surface area contributed by atoms with E-state index in [1.54, 1.807) is 11.6 Å². The normalized spacial score (nSPS) is 12.3. The van der Waals surface area contributed by atoms with Crippen molar-refractivity contribution in [2.45, 2.75) is 26.3 Å². The van der Waals surface area contributed by atoms with Gasteiger partial charge >= 0.3 is 12.0 Å². The van der Waals surface area contributed by atoms with Crippen LogP contribution in [0, 0.1) is 5.92 Å². The molecule has 0 radical (unpaired) electrons. The minimum absolute atomic E-state index is 0.181. The lowest BCUT2D eigenvalue weighted by Crippen LogP contribution is -2.43. The Labute approximate surface area is 126 Å². The molecule has 21 heavy (non-hydrogen) atoms. The predicted molar refractivity (Wildman–Crippen MR) is 82.7 cm³/mol. The summed E-state index contributed by atoms with van der Waals surface area (Å²) in [5.41, 5.74) is 3.21. The van der Waals surface area contributed by atoms with Crippen LogP contribution in [0.15, 0.2) is 23.7 Å². The van der Waals surface area contributed by atoms with Crippen LogP contribution in [0.25, 0.3) is 10.2 Å². The molecule has 0 unspecified atom stereocenters. The number of rotatable bonds is 5. The fourth-order valence-electron chi connectivity index (χ4n) is 1.95. The van der Waals surface area contributed by atoms with Crippen molar-refractivity contribution in [1.82, 2.24) is 10.3 Å². The number of carboxylic acid groups (broad SMARTS) is 1. The second kappa shape index (κ2) is 6.53. The quantitative estimate of drug-likeness (QED) is 0.792. The molecule has 0 fully saturated rings. The fraction of sp³-hybridized carbons (Fsp3) is 0.357. The first-order valence-corrected chi connectivity index (χ1v) is 7.47. The van der Waals surface area contributed by atoms with Gasteiger partial charge in [0.05, 0.1) is 15.7 Å². The smallest absolute Gasteiger partial charge is 0.326 e. The number of carbonyl (C=O) groups is 2. The lowest BCUT2D eigenvalue weighted by Gasteiger charge is -2.16. The molecule has 112 valence electrons. The molecule has 1 atom stereocenters. The van der Waals surface area contributed by atoms with Crippen LogP contribution in [0.1, 0.15) is 20.3 Å². The number of carbonyl (C=O) groups excluding carboxylic acids is 1. The Bertz CT molecular complexity index is 654. The van der Waals surface area contributed by atoms with Crippen molar-refractivity contribution in [3.63, 3.8) is 0 Å². The molecule has 1 aromatic heterocycles. The number of aliphatic carboxylic acids is 1. The van der Waals surface area contributed by atoms with E-state index in [2.05, 4.69) is 15.6 Å². The van der Waals surface area contributed by atoms with Gasteiger partial charge in [0.25, 0.3) is 0 Å². The molecular formula is C14H17N3O3S. The number of carboxylic acids is 1. The molecule has 2 aromatic rings. The van der Waals surface area contributed by atoms with Crippen LogP contribution < -0.4 is 10.6 Å². The fourth-order valence-corrected chi connectivity index (χ4v) is 2.67. The molecule has 1 aromatic carbocycles. The molecule has 2 rings (SSSR count). The minimum Gasteiger partial charge on any atom is -0.480 e. The van der Waals surface area contributed by atoms with Gasteiger partial charge in [-0.1, -0.05) is 13.8 Å². The SMILES string of the molecule is CC(C)C[C@H](NC(=O)Nc1ccc2ncsc2c1)C(=O)O. The van der Waals surface area contributed by atoms with Gasteiger partial charge in [-0.25, -0.2) is 14.6 Å². The van der Waals surface area contributed by atoms with Crippen LogP contribution in [-0.2, 0) is 4.79 Å². The maximum atomic E-state index is 11.9. The molecule has 0 aliphatic carbocycles. The number of thiazole rings is 1. The highest BCUT2D eigenvalue weighted by molar-refractivity contribution is 7.16. The number of benzene rings is 1. The predicted octanol–water partition coefficient (Wildman–Crippen LogP) is 2.92. The van der Waals surface area contributed by atoms with E-state index in [1.165, 1.54) is 11.3 Å². The van der Waals surface area contributed by atoms with Gasteiger partial charge in [0, 0.05) is 5.69 Å². The van der Waals surface area contributed by atoms with Crippen molar-refractivity contribution >= 4 is 39.2 Å². The van der Waals surface area contributed by atoms with Crippen molar-refractivity contribution < 1.29 is 14.7 Å². The summed E-state index contributed by atoms with van der Waals surface area (Å²) in [5, 5.41) is 14.2. The van der Waals surface area contributed by atoms with Gasteiger partial charge in [0.2, 0.25) is 0 Å². The highest BCUT2D eigenvalue weighted by Gasteiger charge is 2.21. The first kappa shape index (κ1) is 15.2. The number of urea groups is 1. The summed E-state index contributed by atoms with van der Waals surface area (Å²) < 4.78 is 0.963. The van der Waals surface area contributed by atoms with Gasteiger partial charge in [-0.3, -0.25) is 0 Å². The Morgan fingerprint density at radius 2 is 2.14 bits per heavy atom. The number of hydrogen-bond donors (Lipinski definition) is 3. The van der Waals surface area contributed by atoms with Gasteiger partial charge in [-0.05, 0) is 30.5 Å². The van der Waals surface area contributed by atoms with Crippen molar-refractivity contribution in [3.05, 3.63) is 23.7 Å². The Morgan fingerprint density at radius 1 is 1.38 bits per heavy atom. The summed E-state index contributed by atoms with van der Waals surface area (Å²) in [6.07, 6.45) is 0.386. The van der Waals surface area contributed by atoms with E-state index in [9.17, 15) is 9.59 Å². The van der Waals surface area contributed by atoms with E-state index in [0.717, 1.165) is 10.2 Å². The summed E-state index contributed by atoms with van der Waals surface area (Å²) in [4.78, 5) is 27.2. The second-order valence-electron chi connectivity index (χ2n) is 5.15. The van der Waals surface area contributed by atoms with Gasteiger partial charge in [-0.2, -0.15) is 0 Å². The molecule has 7 heteroatoms. The third-order valence-corrected chi connectivity index (χ3v) is 3.69. The lowest BCUT2D eigenvalue weighted by atomic mass is 10.0. The number of nitrogens with one attached hydrogen (secondary N) is 2. The van der Waals surface area contributed by atoms with Crippen molar-refractivity contribution in [3.8, 4) is 0 Å². The number of aromatic nitrogens is 1. The Hall–Kier alpha value is -2.15. The van der Waals surface area contributed by atoms with E-state index < -0.39 is 18.0 Å². The first-order valence-electron chi connectivity index (χ1n) is 6.59. The van der Waals surface area contributed by atoms with E-state index in [1.807, 2.05) is 26.0 Å². The average Bonchev–Trinajstić information content (AvgIpc) is 2.84. The van der Waals surface area contributed by atoms with E-state index in [-0.39, 0.29) is 5.92 Å². The second-order valence-corrected chi connectivity index (χ2v) is 6.04. The van der Waals surface area contributed by atoms with Crippen molar-refractivity contribution in [2.75, 3.05) is 5.32 Å². The van der Waals surface area contributed by atoms with Crippen LogP contribution in [0.3, 0.4) is 0 Å². The Morgan fingerprint density at radius 3 is 2.81 bits per heavy atom. The standard InChI is InChI=1S/C14H17N3O3S/c1-8(2)5-11(13(18)19)17-14(20)16-9-3-4-10-12(6-9)21-7-15-10/h3-4,6-8,11H,5H2,1-2H3,(H,18,19)(H2,16,17,20)/t11-/m0/s1. The minimum atomic E-state index is -1.03. The molecule has 0 spiro atoms. The molecule has 6 nitrogen and oxygen atoms in total. The van der Waals surface area contributed by atoms with Gasteiger partial charge < -0.3 is 15.7 Å². The van der Waals surface area contributed by atoms with Crippen LogP contribution in [0.2, 0.25) is 0 Å². The molecule has 3 N–H and O–H groups in total. The molecule has 0 saturated carbocycles. The number of anilines is 1. The zero-order valence-electron chi connectivity index (χ0n) is 11.8. The zero-order valence-corrected chi connectivity index (χ0v) is 12.6. The third-order valence-electron chi connectivity index (χ3n) is 2.90. The molecule has 0 bridgehead atoms. The van der Waals surface area contributed by atoms with E-state index in [0.29, 0.717) is 12.1 Å². The van der Waals surface area contributed by atoms with E-state index >= 15 is 0 Å². The Kier molecular flexibility index (Phi) is 4.74. The van der Waals surface area contributed by atoms with Crippen LogP contribution in [0.4, 0.5) is 10.5 Å². The summed E-state index contributed by atoms with van der Waals surface area (Å²) in [6.45, 7) is 3.82. The maximum absolute atomic E-state index is 11.9. The van der Waals surface area contributed by atoms with Gasteiger partial charge in [-0.15, -0.1) is 11.3 Å². The van der Waals surface area contributed by atoms with Crippen molar-refractivity contribution in [2.24, 2.45) is 5.92 Å². The number of nitrogens with zero attached hydrogens (tertiary/aromatic N) is 1. The lowest BCUT2D eigenvalue weighted by molar-refractivity contribution is -0.139. The van der Waals surface area contributed by atoms with E-state index in [4.69, 9.17) is 5.11 Å². The summed E-state index contributed by atoms with van der Waals surface area (Å²) in [7, 11) is 0. The monoisotopic (exact) mass is 307 g/mol. The van der Waals surface area contributed by atoms with Crippen LogP contribution >= 0.6 is 11.3 Å².